The van der Waals surface area contributed by atoms with Crippen molar-refractivity contribution in [3.63, 3.8) is 0 Å². The van der Waals surface area contributed by atoms with E-state index in [1.165, 1.54) is 25.7 Å². The van der Waals surface area contributed by atoms with Gasteiger partial charge in [-0.25, -0.2) is 0 Å². The zero-order valence-corrected chi connectivity index (χ0v) is 15.5. The van der Waals surface area contributed by atoms with Gasteiger partial charge >= 0.3 is 0 Å². The number of hydrogen-bond acceptors (Lipinski definition) is 1. The molecule has 1 N–H and O–H groups in total. The molecule has 0 aliphatic heterocycles. The van der Waals surface area contributed by atoms with Gasteiger partial charge in [0.2, 0.25) is 0 Å². The number of quaternary nitrogens is 1. The molecule has 2 aromatic rings. The fourth-order valence-electron chi connectivity index (χ4n) is 3.89. The molecule has 3 nitrogen and oxygen atoms in total. The average molecular weight is 337 g/mol. The summed E-state index contributed by atoms with van der Waals surface area (Å²) in [6, 6.07) is 18.8. The third-order valence-electron chi connectivity index (χ3n) is 5.91. The fourth-order valence-corrected chi connectivity index (χ4v) is 3.89. The SMILES string of the molecule is C[C@@H](C(=O)Nc1ccccc1-c1ccccc1)[N+](C)(C)C1CCCC1. The molecular formula is C22H29N2O+. The molecule has 1 amide bonds. The van der Waals surface area contributed by atoms with Gasteiger partial charge in [0.05, 0.1) is 20.1 Å². The van der Waals surface area contributed by atoms with Crippen LogP contribution in [0.1, 0.15) is 32.6 Å². The molecular weight excluding hydrogens is 308 g/mol. The second-order valence-electron chi connectivity index (χ2n) is 7.64. The number of anilines is 1. The van der Waals surface area contributed by atoms with E-state index in [0.717, 1.165) is 21.3 Å². The van der Waals surface area contributed by atoms with E-state index in [0.29, 0.717) is 6.04 Å². The number of para-hydroxylation sites is 1. The first-order valence-electron chi connectivity index (χ1n) is 9.29. The lowest BCUT2D eigenvalue weighted by Gasteiger charge is -2.40. The van der Waals surface area contributed by atoms with Crippen LogP contribution in [0, 0.1) is 0 Å². The fraction of sp³-hybridized carbons (Fsp3) is 0.409. The standard InChI is InChI=1S/C22H28N2O/c1-17(24(2,3)19-13-7-8-14-19)22(25)23-21-16-10-9-15-20(21)18-11-5-4-6-12-18/h4-6,9-12,15-17,19H,7-8,13-14H2,1-3H3/p+1/t17-/m0/s1. The van der Waals surface area contributed by atoms with Crippen molar-refractivity contribution < 1.29 is 9.28 Å². The minimum absolute atomic E-state index is 0.0769. The van der Waals surface area contributed by atoms with Crippen LogP contribution in [0.3, 0.4) is 0 Å². The van der Waals surface area contributed by atoms with Crippen LogP contribution in [0.15, 0.2) is 54.6 Å². The van der Waals surface area contributed by atoms with Crippen LogP contribution in [0.4, 0.5) is 5.69 Å². The lowest BCUT2D eigenvalue weighted by atomic mass is 10.0. The normalized spacial score (nSPS) is 16.6. The molecule has 132 valence electrons. The van der Waals surface area contributed by atoms with Crippen molar-refractivity contribution in [1.82, 2.24) is 0 Å². The number of carbonyl (C=O) groups excluding carboxylic acids is 1. The van der Waals surface area contributed by atoms with Gasteiger partial charge in [0.1, 0.15) is 0 Å². The number of carbonyl (C=O) groups is 1. The molecule has 3 rings (SSSR count). The molecule has 0 radical (unpaired) electrons. The van der Waals surface area contributed by atoms with Crippen LogP contribution < -0.4 is 5.32 Å². The summed E-state index contributed by atoms with van der Waals surface area (Å²) in [5.74, 6) is 0.0975. The van der Waals surface area contributed by atoms with Gasteiger partial charge in [-0.05, 0) is 44.2 Å². The second-order valence-corrected chi connectivity index (χ2v) is 7.64. The third kappa shape index (κ3) is 3.77. The topological polar surface area (TPSA) is 29.1 Å². The lowest BCUT2D eigenvalue weighted by Crippen LogP contribution is -2.58. The average Bonchev–Trinajstić information content (AvgIpc) is 3.18. The summed E-state index contributed by atoms with van der Waals surface area (Å²) >= 11 is 0. The number of amides is 1. The predicted molar refractivity (Wildman–Crippen MR) is 104 cm³/mol. The minimum Gasteiger partial charge on any atom is -0.320 e. The van der Waals surface area contributed by atoms with Gasteiger partial charge in [-0.1, -0.05) is 48.5 Å². The highest BCUT2D eigenvalue weighted by molar-refractivity contribution is 5.97. The molecule has 2 aromatic carbocycles. The molecule has 0 aromatic heterocycles. The molecule has 1 aliphatic rings. The van der Waals surface area contributed by atoms with Crippen LogP contribution >= 0.6 is 0 Å². The summed E-state index contributed by atoms with van der Waals surface area (Å²) in [6.07, 6.45) is 5.03. The summed E-state index contributed by atoms with van der Waals surface area (Å²) in [4.78, 5) is 13.0. The van der Waals surface area contributed by atoms with Gasteiger partial charge in [-0.15, -0.1) is 0 Å². The van der Waals surface area contributed by atoms with Crippen LogP contribution in [0.5, 0.6) is 0 Å². The zero-order chi connectivity index (χ0) is 17.9. The van der Waals surface area contributed by atoms with Crippen LogP contribution in [-0.4, -0.2) is 36.6 Å². The third-order valence-corrected chi connectivity index (χ3v) is 5.91. The number of likely N-dealkylation sites (N-methyl/N-ethyl adjacent to an activating group) is 1. The van der Waals surface area contributed by atoms with Gasteiger partial charge in [0.15, 0.2) is 6.04 Å². The van der Waals surface area contributed by atoms with Crippen LogP contribution in [-0.2, 0) is 4.79 Å². The van der Waals surface area contributed by atoms with E-state index in [-0.39, 0.29) is 11.9 Å². The van der Waals surface area contributed by atoms with E-state index in [1.807, 2.05) is 36.4 Å². The van der Waals surface area contributed by atoms with Crippen molar-refractivity contribution in [2.24, 2.45) is 0 Å². The highest BCUT2D eigenvalue weighted by atomic mass is 16.2. The molecule has 0 spiro atoms. The summed E-state index contributed by atoms with van der Waals surface area (Å²) in [5, 5.41) is 3.18. The number of benzene rings is 2. The predicted octanol–water partition coefficient (Wildman–Crippen LogP) is 4.70. The summed E-state index contributed by atoms with van der Waals surface area (Å²) in [6.45, 7) is 2.05. The molecule has 0 saturated heterocycles. The maximum atomic E-state index is 13.0. The maximum absolute atomic E-state index is 13.0. The van der Waals surface area contributed by atoms with Gasteiger partial charge in [-0.2, -0.15) is 0 Å². The number of nitrogens with one attached hydrogen (secondary N) is 1. The maximum Gasteiger partial charge on any atom is 0.282 e. The quantitative estimate of drug-likeness (QED) is 0.787. The Morgan fingerprint density at radius 2 is 1.60 bits per heavy atom. The first-order chi connectivity index (χ1) is 12.0. The molecule has 1 aliphatic carbocycles. The highest BCUT2D eigenvalue weighted by Gasteiger charge is 2.39. The number of rotatable bonds is 5. The molecule has 3 heteroatoms. The molecule has 0 unspecified atom stereocenters. The Bertz CT molecular complexity index is 718. The number of hydrogen-bond donors (Lipinski definition) is 1. The van der Waals surface area contributed by atoms with E-state index >= 15 is 0 Å². The van der Waals surface area contributed by atoms with Gasteiger partial charge in [-0.3, -0.25) is 4.79 Å². The molecule has 25 heavy (non-hydrogen) atoms. The first kappa shape index (κ1) is 17.7. The zero-order valence-electron chi connectivity index (χ0n) is 15.5. The van der Waals surface area contributed by atoms with Crippen LogP contribution in [0.25, 0.3) is 11.1 Å². The van der Waals surface area contributed by atoms with Crippen molar-refractivity contribution in [2.75, 3.05) is 19.4 Å². The van der Waals surface area contributed by atoms with Crippen molar-refractivity contribution in [3.8, 4) is 11.1 Å². The van der Waals surface area contributed by atoms with Crippen molar-refractivity contribution >= 4 is 11.6 Å². The van der Waals surface area contributed by atoms with E-state index < -0.39 is 0 Å². The van der Waals surface area contributed by atoms with E-state index in [9.17, 15) is 4.79 Å². The summed E-state index contributed by atoms with van der Waals surface area (Å²) < 4.78 is 0.763. The Labute approximate surface area is 151 Å². The summed E-state index contributed by atoms with van der Waals surface area (Å²) in [5.41, 5.74) is 3.07. The van der Waals surface area contributed by atoms with Gasteiger partial charge in [0.25, 0.3) is 5.91 Å². The smallest absolute Gasteiger partial charge is 0.282 e. The largest absolute Gasteiger partial charge is 0.320 e. The Morgan fingerprint density at radius 1 is 1.00 bits per heavy atom. The highest BCUT2D eigenvalue weighted by Crippen LogP contribution is 2.31. The lowest BCUT2D eigenvalue weighted by molar-refractivity contribution is -0.927. The van der Waals surface area contributed by atoms with Crippen molar-refractivity contribution in [3.05, 3.63) is 54.6 Å². The Balaban J connectivity index is 1.79. The minimum atomic E-state index is -0.0769. The van der Waals surface area contributed by atoms with Crippen LogP contribution in [0.2, 0.25) is 0 Å². The molecule has 0 heterocycles. The molecule has 1 fully saturated rings. The van der Waals surface area contributed by atoms with E-state index in [1.54, 1.807) is 0 Å². The van der Waals surface area contributed by atoms with Crippen molar-refractivity contribution in [2.45, 2.75) is 44.7 Å². The summed E-state index contributed by atoms with van der Waals surface area (Å²) in [7, 11) is 4.40. The Morgan fingerprint density at radius 3 is 2.28 bits per heavy atom. The monoisotopic (exact) mass is 337 g/mol. The molecule has 0 bridgehead atoms. The molecule has 1 atom stereocenters. The Hall–Kier alpha value is -2.13. The molecule has 1 saturated carbocycles. The van der Waals surface area contributed by atoms with Gasteiger partial charge in [0, 0.05) is 11.3 Å². The number of nitrogens with zero attached hydrogens (tertiary/aromatic N) is 1. The Kier molecular flexibility index (Phi) is 5.24. The van der Waals surface area contributed by atoms with E-state index in [2.05, 4.69) is 44.5 Å². The first-order valence-corrected chi connectivity index (χ1v) is 9.29. The van der Waals surface area contributed by atoms with E-state index in [4.69, 9.17) is 0 Å². The van der Waals surface area contributed by atoms with Gasteiger partial charge < -0.3 is 9.80 Å². The second kappa shape index (κ2) is 7.40. The van der Waals surface area contributed by atoms with Crippen molar-refractivity contribution in [1.29, 1.82) is 0 Å².